The summed E-state index contributed by atoms with van der Waals surface area (Å²) in [7, 11) is 0. The van der Waals surface area contributed by atoms with Crippen LogP contribution in [0.4, 0.5) is 0 Å². The summed E-state index contributed by atoms with van der Waals surface area (Å²) in [5.74, 6) is 0.177. The molecule has 1 atom stereocenters. The van der Waals surface area contributed by atoms with Crippen LogP contribution in [0.3, 0.4) is 0 Å². The van der Waals surface area contributed by atoms with Crippen molar-refractivity contribution in [2.24, 2.45) is 0 Å². The SMILES string of the molecule is CC[C@@H](NC(=O)Cc1ccc2ccccc2c1)c1ccccc1O. The van der Waals surface area contributed by atoms with Crippen LogP contribution in [0.15, 0.2) is 66.7 Å². The molecule has 122 valence electrons. The van der Waals surface area contributed by atoms with E-state index in [0.717, 1.165) is 22.9 Å². The predicted molar refractivity (Wildman–Crippen MR) is 96.9 cm³/mol. The van der Waals surface area contributed by atoms with E-state index in [-0.39, 0.29) is 17.7 Å². The first kappa shape index (κ1) is 16.1. The normalized spacial score (nSPS) is 12.0. The molecule has 3 aromatic rings. The van der Waals surface area contributed by atoms with E-state index in [0.29, 0.717) is 6.42 Å². The minimum Gasteiger partial charge on any atom is -0.508 e. The minimum atomic E-state index is -0.181. The van der Waals surface area contributed by atoms with Gasteiger partial charge < -0.3 is 10.4 Å². The lowest BCUT2D eigenvalue weighted by atomic mass is 10.0. The molecule has 0 aliphatic heterocycles. The van der Waals surface area contributed by atoms with Gasteiger partial charge in [0, 0.05) is 5.56 Å². The summed E-state index contributed by atoms with van der Waals surface area (Å²) < 4.78 is 0. The molecule has 3 nitrogen and oxygen atoms in total. The van der Waals surface area contributed by atoms with Crippen molar-refractivity contribution >= 4 is 16.7 Å². The molecule has 0 spiro atoms. The van der Waals surface area contributed by atoms with Crippen LogP contribution in [-0.2, 0) is 11.2 Å². The first-order valence-corrected chi connectivity index (χ1v) is 8.22. The highest BCUT2D eigenvalue weighted by Gasteiger charge is 2.16. The van der Waals surface area contributed by atoms with Crippen LogP contribution in [0.1, 0.15) is 30.5 Å². The van der Waals surface area contributed by atoms with Crippen molar-refractivity contribution < 1.29 is 9.90 Å². The number of para-hydroxylation sites is 1. The van der Waals surface area contributed by atoms with Crippen LogP contribution < -0.4 is 5.32 Å². The molecule has 3 aromatic carbocycles. The molecule has 0 aliphatic carbocycles. The number of phenols is 1. The summed E-state index contributed by atoms with van der Waals surface area (Å²) in [5, 5.41) is 15.3. The summed E-state index contributed by atoms with van der Waals surface area (Å²) in [5.41, 5.74) is 1.74. The molecule has 0 aromatic heterocycles. The lowest BCUT2D eigenvalue weighted by Gasteiger charge is -2.18. The van der Waals surface area contributed by atoms with Crippen LogP contribution in [-0.4, -0.2) is 11.0 Å². The lowest BCUT2D eigenvalue weighted by Crippen LogP contribution is -2.29. The number of hydrogen-bond donors (Lipinski definition) is 2. The fourth-order valence-electron chi connectivity index (χ4n) is 2.96. The number of fused-ring (bicyclic) bond motifs is 1. The molecule has 0 heterocycles. The summed E-state index contributed by atoms with van der Waals surface area (Å²) in [6.45, 7) is 1.99. The van der Waals surface area contributed by atoms with Gasteiger partial charge >= 0.3 is 0 Å². The maximum absolute atomic E-state index is 12.4. The monoisotopic (exact) mass is 319 g/mol. The molecule has 24 heavy (non-hydrogen) atoms. The number of nitrogens with one attached hydrogen (secondary N) is 1. The van der Waals surface area contributed by atoms with Gasteiger partial charge in [0.15, 0.2) is 0 Å². The van der Waals surface area contributed by atoms with Crippen molar-refractivity contribution in [3.8, 4) is 5.75 Å². The predicted octanol–water partition coefficient (Wildman–Crippen LogP) is 4.36. The maximum Gasteiger partial charge on any atom is 0.224 e. The summed E-state index contributed by atoms with van der Waals surface area (Å²) >= 11 is 0. The highest BCUT2D eigenvalue weighted by atomic mass is 16.3. The summed E-state index contributed by atoms with van der Waals surface area (Å²) in [4.78, 5) is 12.4. The molecule has 0 fully saturated rings. The summed E-state index contributed by atoms with van der Waals surface area (Å²) in [6.07, 6.45) is 1.05. The van der Waals surface area contributed by atoms with Gasteiger partial charge in [-0.3, -0.25) is 4.79 Å². The van der Waals surface area contributed by atoms with E-state index in [1.165, 1.54) is 5.39 Å². The van der Waals surface area contributed by atoms with Crippen molar-refractivity contribution in [1.82, 2.24) is 5.32 Å². The van der Waals surface area contributed by atoms with E-state index >= 15 is 0 Å². The zero-order chi connectivity index (χ0) is 16.9. The quantitative estimate of drug-likeness (QED) is 0.734. The maximum atomic E-state index is 12.4. The van der Waals surface area contributed by atoms with Crippen LogP contribution in [0.25, 0.3) is 10.8 Å². The Balaban J connectivity index is 1.72. The van der Waals surface area contributed by atoms with Gasteiger partial charge in [-0.2, -0.15) is 0 Å². The average Bonchev–Trinajstić information content (AvgIpc) is 2.60. The van der Waals surface area contributed by atoms with Gasteiger partial charge in [-0.1, -0.05) is 67.6 Å². The lowest BCUT2D eigenvalue weighted by molar-refractivity contribution is -0.121. The Labute approximate surface area is 142 Å². The minimum absolute atomic E-state index is 0.0413. The Bertz CT molecular complexity index is 857. The van der Waals surface area contributed by atoms with Gasteiger partial charge in [0.1, 0.15) is 5.75 Å². The van der Waals surface area contributed by atoms with Crippen LogP contribution in [0, 0.1) is 0 Å². The number of carbonyl (C=O) groups is 1. The van der Waals surface area contributed by atoms with E-state index in [1.54, 1.807) is 12.1 Å². The molecule has 0 unspecified atom stereocenters. The Morgan fingerprint density at radius 2 is 1.71 bits per heavy atom. The van der Waals surface area contributed by atoms with Gasteiger partial charge in [0.05, 0.1) is 12.5 Å². The first-order valence-electron chi connectivity index (χ1n) is 8.22. The van der Waals surface area contributed by atoms with Crippen LogP contribution in [0.5, 0.6) is 5.75 Å². The third-order valence-corrected chi connectivity index (χ3v) is 4.23. The van der Waals surface area contributed by atoms with Gasteiger partial charge in [-0.15, -0.1) is 0 Å². The Kier molecular flexibility index (Phi) is 4.80. The number of hydrogen-bond acceptors (Lipinski definition) is 2. The van der Waals surface area contributed by atoms with Crippen LogP contribution in [0.2, 0.25) is 0 Å². The molecular weight excluding hydrogens is 298 g/mol. The smallest absolute Gasteiger partial charge is 0.224 e. The second kappa shape index (κ2) is 7.18. The Hall–Kier alpha value is -2.81. The molecule has 0 saturated heterocycles. The molecule has 0 aliphatic rings. The third-order valence-electron chi connectivity index (χ3n) is 4.23. The Morgan fingerprint density at radius 1 is 1.00 bits per heavy atom. The molecule has 3 rings (SSSR count). The van der Waals surface area contributed by atoms with E-state index in [4.69, 9.17) is 0 Å². The number of amides is 1. The number of carbonyl (C=O) groups excluding carboxylic acids is 1. The number of rotatable bonds is 5. The molecule has 1 amide bonds. The third kappa shape index (κ3) is 3.57. The molecule has 0 bridgehead atoms. The fraction of sp³-hybridized carbons (Fsp3) is 0.190. The zero-order valence-electron chi connectivity index (χ0n) is 13.7. The fourth-order valence-corrected chi connectivity index (χ4v) is 2.96. The van der Waals surface area contributed by atoms with E-state index in [2.05, 4.69) is 17.4 Å². The van der Waals surface area contributed by atoms with E-state index in [1.807, 2.05) is 49.4 Å². The molecular formula is C21H21NO2. The number of phenolic OH excluding ortho intramolecular Hbond substituents is 1. The van der Waals surface area contributed by atoms with Crippen molar-refractivity contribution in [2.45, 2.75) is 25.8 Å². The van der Waals surface area contributed by atoms with Crippen LogP contribution >= 0.6 is 0 Å². The van der Waals surface area contributed by atoms with E-state index < -0.39 is 0 Å². The first-order chi connectivity index (χ1) is 11.7. The van der Waals surface area contributed by atoms with Crippen molar-refractivity contribution in [1.29, 1.82) is 0 Å². The van der Waals surface area contributed by atoms with Gasteiger partial charge in [0.25, 0.3) is 0 Å². The van der Waals surface area contributed by atoms with E-state index in [9.17, 15) is 9.90 Å². The highest BCUT2D eigenvalue weighted by Crippen LogP contribution is 2.26. The van der Waals surface area contributed by atoms with Crippen molar-refractivity contribution in [3.05, 3.63) is 77.9 Å². The molecule has 0 radical (unpaired) electrons. The molecule has 2 N–H and O–H groups in total. The topological polar surface area (TPSA) is 49.3 Å². The standard InChI is InChI=1S/C21H21NO2/c1-2-19(18-9-5-6-10-20(18)23)22-21(24)14-15-11-12-16-7-3-4-8-17(16)13-15/h3-13,19,23H,2,14H2,1H3,(H,22,24)/t19-/m1/s1. The molecule has 0 saturated carbocycles. The average molecular weight is 319 g/mol. The molecule has 3 heteroatoms. The Morgan fingerprint density at radius 3 is 2.46 bits per heavy atom. The highest BCUT2D eigenvalue weighted by molar-refractivity contribution is 5.85. The van der Waals surface area contributed by atoms with Gasteiger partial charge in [0.2, 0.25) is 5.91 Å². The van der Waals surface area contributed by atoms with Gasteiger partial charge in [-0.25, -0.2) is 0 Å². The second-order valence-electron chi connectivity index (χ2n) is 5.95. The largest absolute Gasteiger partial charge is 0.508 e. The van der Waals surface area contributed by atoms with Gasteiger partial charge in [-0.05, 0) is 28.8 Å². The zero-order valence-corrected chi connectivity index (χ0v) is 13.7. The second-order valence-corrected chi connectivity index (χ2v) is 5.95. The van der Waals surface area contributed by atoms with Crippen molar-refractivity contribution in [3.63, 3.8) is 0 Å². The van der Waals surface area contributed by atoms with Crippen molar-refractivity contribution in [2.75, 3.05) is 0 Å². The number of aromatic hydroxyl groups is 1. The number of benzene rings is 3. The summed E-state index contributed by atoms with van der Waals surface area (Å²) in [6, 6.07) is 21.2.